The molecule has 5 nitrogen and oxygen atoms in total. The number of hydrogen-bond acceptors (Lipinski definition) is 3. The Balaban J connectivity index is 1.20. The Labute approximate surface area is 180 Å². The Morgan fingerprint density at radius 1 is 0.968 bits per heavy atom. The summed E-state index contributed by atoms with van der Waals surface area (Å²) in [5, 5.41) is 2.97. The van der Waals surface area contributed by atoms with Gasteiger partial charge in [-0.2, -0.15) is 0 Å². The molecule has 3 aliphatic rings. The van der Waals surface area contributed by atoms with Crippen LogP contribution in [0.15, 0.2) is 72.8 Å². The number of likely N-dealkylation sites (tertiary alicyclic amines) is 1. The maximum Gasteiger partial charge on any atom is 0.409 e. The van der Waals surface area contributed by atoms with Gasteiger partial charge in [0.15, 0.2) is 0 Å². The molecule has 1 unspecified atom stereocenters. The highest BCUT2D eigenvalue weighted by Gasteiger charge is 2.52. The van der Waals surface area contributed by atoms with Crippen LogP contribution < -0.4 is 5.32 Å². The summed E-state index contributed by atoms with van der Waals surface area (Å²) in [4.78, 5) is 27.4. The molecular formula is C26H22N2O3. The zero-order valence-electron chi connectivity index (χ0n) is 17.0. The van der Waals surface area contributed by atoms with Gasteiger partial charge >= 0.3 is 6.09 Å². The zero-order valence-corrected chi connectivity index (χ0v) is 17.0. The predicted octanol–water partition coefficient (Wildman–Crippen LogP) is 4.53. The molecule has 0 saturated carbocycles. The van der Waals surface area contributed by atoms with Crippen LogP contribution in [0.1, 0.15) is 29.0 Å². The lowest BCUT2D eigenvalue weighted by Gasteiger charge is -2.23. The van der Waals surface area contributed by atoms with Gasteiger partial charge in [-0.3, -0.25) is 4.79 Å². The highest BCUT2D eigenvalue weighted by molar-refractivity contribution is 6.07. The van der Waals surface area contributed by atoms with Crippen molar-refractivity contribution in [2.24, 2.45) is 0 Å². The Kier molecular flexibility index (Phi) is 3.93. The summed E-state index contributed by atoms with van der Waals surface area (Å²) in [7, 11) is 0. The molecule has 2 aliphatic heterocycles. The Morgan fingerprint density at radius 3 is 2.35 bits per heavy atom. The fraction of sp³-hybridized carbons (Fsp3) is 0.231. The monoisotopic (exact) mass is 410 g/mol. The third-order valence-corrected chi connectivity index (χ3v) is 6.99. The van der Waals surface area contributed by atoms with Crippen LogP contribution in [0.25, 0.3) is 11.1 Å². The molecule has 0 bridgehead atoms. The lowest BCUT2D eigenvalue weighted by Crippen LogP contribution is -2.39. The number of amides is 2. The molecule has 3 aromatic carbocycles. The van der Waals surface area contributed by atoms with Crippen LogP contribution in [0, 0.1) is 0 Å². The van der Waals surface area contributed by atoms with Crippen molar-refractivity contribution in [3.05, 3.63) is 89.5 Å². The van der Waals surface area contributed by atoms with Crippen molar-refractivity contribution in [3.63, 3.8) is 0 Å². The van der Waals surface area contributed by atoms with E-state index in [0.29, 0.717) is 26.1 Å². The van der Waals surface area contributed by atoms with E-state index in [1.54, 1.807) is 4.90 Å². The summed E-state index contributed by atoms with van der Waals surface area (Å²) in [6.45, 7) is 1.16. The third-order valence-electron chi connectivity index (χ3n) is 6.99. The molecule has 0 aromatic heterocycles. The Morgan fingerprint density at radius 2 is 1.61 bits per heavy atom. The minimum absolute atomic E-state index is 0.0253. The fourth-order valence-electron chi connectivity index (χ4n) is 5.43. The summed E-state index contributed by atoms with van der Waals surface area (Å²) in [5.74, 6) is 0.00562. The molecule has 0 radical (unpaired) electrons. The lowest BCUT2D eigenvalue weighted by molar-refractivity contribution is -0.120. The molecule has 1 N–H and O–H groups in total. The van der Waals surface area contributed by atoms with E-state index in [0.717, 1.165) is 11.3 Å². The van der Waals surface area contributed by atoms with Crippen LogP contribution in [0.5, 0.6) is 0 Å². The largest absolute Gasteiger partial charge is 0.448 e. The van der Waals surface area contributed by atoms with Gasteiger partial charge in [0.25, 0.3) is 0 Å². The van der Waals surface area contributed by atoms with E-state index in [4.69, 9.17) is 4.74 Å². The minimum atomic E-state index is -0.665. The number of benzene rings is 3. The van der Waals surface area contributed by atoms with Gasteiger partial charge in [-0.1, -0.05) is 66.7 Å². The topological polar surface area (TPSA) is 58.6 Å². The first-order chi connectivity index (χ1) is 15.2. The number of carbonyl (C=O) groups is 2. The second-order valence-electron chi connectivity index (χ2n) is 8.56. The molecule has 5 heteroatoms. The number of ether oxygens (including phenoxy) is 1. The van der Waals surface area contributed by atoms with Gasteiger partial charge in [0.2, 0.25) is 5.91 Å². The van der Waals surface area contributed by atoms with E-state index < -0.39 is 5.41 Å². The van der Waals surface area contributed by atoms with Gasteiger partial charge < -0.3 is 15.0 Å². The van der Waals surface area contributed by atoms with Crippen molar-refractivity contribution in [3.8, 4) is 11.1 Å². The van der Waals surface area contributed by atoms with E-state index in [2.05, 4.69) is 29.6 Å². The van der Waals surface area contributed by atoms with Crippen molar-refractivity contribution < 1.29 is 14.3 Å². The quantitative estimate of drug-likeness (QED) is 0.675. The van der Waals surface area contributed by atoms with E-state index in [-0.39, 0.29) is 17.9 Å². The van der Waals surface area contributed by atoms with Gasteiger partial charge in [0.1, 0.15) is 6.61 Å². The molecule has 1 atom stereocenters. The number of para-hydroxylation sites is 1. The van der Waals surface area contributed by atoms with Crippen molar-refractivity contribution in [1.82, 2.24) is 4.90 Å². The molecule has 6 rings (SSSR count). The number of nitrogens with zero attached hydrogens (tertiary/aromatic N) is 1. The highest BCUT2D eigenvalue weighted by atomic mass is 16.6. The summed E-state index contributed by atoms with van der Waals surface area (Å²) in [6, 6.07) is 24.3. The van der Waals surface area contributed by atoms with Crippen molar-refractivity contribution >= 4 is 17.7 Å². The average molecular weight is 410 g/mol. The highest BCUT2D eigenvalue weighted by Crippen LogP contribution is 2.46. The number of rotatable bonds is 2. The molecule has 2 heterocycles. The number of carbonyl (C=O) groups excluding carboxylic acids is 2. The Bertz CT molecular complexity index is 1180. The van der Waals surface area contributed by atoms with Gasteiger partial charge in [0, 0.05) is 24.7 Å². The molecule has 1 saturated heterocycles. The van der Waals surface area contributed by atoms with Gasteiger partial charge in [-0.05, 0) is 40.3 Å². The van der Waals surface area contributed by atoms with Crippen molar-refractivity contribution in [1.29, 1.82) is 0 Å². The van der Waals surface area contributed by atoms with Crippen molar-refractivity contribution in [2.45, 2.75) is 17.8 Å². The SMILES string of the molecule is O=C(OCC1c2ccccc2-c2ccccc21)N1CCC2(C1)C(=O)Nc1ccccc12. The van der Waals surface area contributed by atoms with E-state index in [1.165, 1.54) is 22.3 Å². The summed E-state index contributed by atoms with van der Waals surface area (Å²) in [5.41, 5.74) is 5.96. The van der Waals surface area contributed by atoms with E-state index in [9.17, 15) is 9.59 Å². The maximum absolute atomic E-state index is 13.0. The maximum atomic E-state index is 13.0. The molecule has 2 amide bonds. The average Bonchev–Trinajstić information content (AvgIpc) is 3.47. The number of nitrogens with one attached hydrogen (secondary N) is 1. The molecule has 1 spiro atoms. The Hall–Kier alpha value is -3.60. The van der Waals surface area contributed by atoms with Crippen LogP contribution in [0.3, 0.4) is 0 Å². The van der Waals surface area contributed by atoms with Crippen LogP contribution >= 0.6 is 0 Å². The first-order valence-electron chi connectivity index (χ1n) is 10.7. The fourth-order valence-corrected chi connectivity index (χ4v) is 5.43. The summed E-state index contributed by atoms with van der Waals surface area (Å²) < 4.78 is 5.80. The zero-order chi connectivity index (χ0) is 21.0. The van der Waals surface area contributed by atoms with Gasteiger partial charge in [0.05, 0.1) is 5.41 Å². The predicted molar refractivity (Wildman–Crippen MR) is 118 cm³/mol. The third kappa shape index (κ3) is 2.62. The standard InChI is InChI=1S/C26H22N2O3/c29-24-26(22-11-5-6-12-23(22)27-24)13-14-28(16-26)25(30)31-15-21-19-9-3-1-7-17(19)18-8-2-4-10-20(18)21/h1-12,21H,13-16H2,(H,27,29). The molecular weight excluding hydrogens is 388 g/mol. The van der Waals surface area contributed by atoms with Crippen LogP contribution in [0.2, 0.25) is 0 Å². The molecule has 154 valence electrons. The van der Waals surface area contributed by atoms with Gasteiger partial charge in [-0.25, -0.2) is 4.79 Å². The van der Waals surface area contributed by atoms with E-state index in [1.807, 2.05) is 48.5 Å². The smallest absolute Gasteiger partial charge is 0.409 e. The van der Waals surface area contributed by atoms with E-state index >= 15 is 0 Å². The number of anilines is 1. The first kappa shape index (κ1) is 18.2. The molecule has 1 fully saturated rings. The molecule has 31 heavy (non-hydrogen) atoms. The van der Waals surface area contributed by atoms with Crippen molar-refractivity contribution in [2.75, 3.05) is 25.0 Å². The normalized spacial score (nSPS) is 21.0. The van der Waals surface area contributed by atoms with Crippen LogP contribution in [-0.2, 0) is 14.9 Å². The summed E-state index contributed by atoms with van der Waals surface area (Å²) in [6.07, 6.45) is 0.260. The number of fused-ring (bicyclic) bond motifs is 5. The van der Waals surface area contributed by atoms with Gasteiger partial charge in [-0.15, -0.1) is 0 Å². The minimum Gasteiger partial charge on any atom is -0.448 e. The second-order valence-corrected chi connectivity index (χ2v) is 8.56. The van der Waals surface area contributed by atoms with Crippen LogP contribution in [-0.4, -0.2) is 36.6 Å². The summed E-state index contributed by atoms with van der Waals surface area (Å²) >= 11 is 0. The van der Waals surface area contributed by atoms with Crippen LogP contribution in [0.4, 0.5) is 10.5 Å². The molecule has 1 aliphatic carbocycles. The number of hydrogen-bond donors (Lipinski definition) is 1. The lowest BCUT2D eigenvalue weighted by atomic mass is 9.81. The molecule has 3 aromatic rings. The first-order valence-corrected chi connectivity index (χ1v) is 10.7. The second kappa shape index (κ2) is 6.71.